The Kier molecular flexibility index (Phi) is 4.66. The lowest BCUT2D eigenvalue weighted by Crippen LogP contribution is -2.19. The molecule has 0 heterocycles. The Morgan fingerprint density at radius 1 is 1.16 bits per heavy atom. The summed E-state index contributed by atoms with van der Waals surface area (Å²) in [5.41, 5.74) is 1.41. The summed E-state index contributed by atoms with van der Waals surface area (Å²) < 4.78 is 27.7. The van der Waals surface area contributed by atoms with Crippen molar-refractivity contribution in [1.29, 1.82) is 0 Å². The normalized spacial score (nSPS) is 12.4. The Morgan fingerprint density at radius 2 is 1.95 bits per heavy atom. The quantitative estimate of drug-likeness (QED) is 0.887. The highest BCUT2D eigenvalue weighted by Crippen LogP contribution is 2.22. The van der Waals surface area contributed by atoms with Gasteiger partial charge in [-0.3, -0.25) is 0 Å². The lowest BCUT2D eigenvalue weighted by atomic mass is 9.98. The van der Waals surface area contributed by atoms with Gasteiger partial charge in [0.1, 0.15) is 11.6 Å². The van der Waals surface area contributed by atoms with E-state index in [9.17, 15) is 8.78 Å². The van der Waals surface area contributed by atoms with Gasteiger partial charge in [0, 0.05) is 10.5 Å². The van der Waals surface area contributed by atoms with Crippen LogP contribution >= 0.6 is 15.9 Å². The number of hydrogen-bond donors (Lipinski definition) is 1. The topological polar surface area (TPSA) is 12.0 Å². The van der Waals surface area contributed by atoms with Gasteiger partial charge >= 0.3 is 0 Å². The van der Waals surface area contributed by atoms with Crippen LogP contribution in [0.5, 0.6) is 0 Å². The molecule has 0 amide bonds. The summed E-state index contributed by atoms with van der Waals surface area (Å²) in [7, 11) is 1.78. The van der Waals surface area contributed by atoms with Gasteiger partial charge < -0.3 is 5.32 Å². The van der Waals surface area contributed by atoms with Gasteiger partial charge in [0.25, 0.3) is 0 Å². The lowest BCUT2D eigenvalue weighted by molar-refractivity contribution is 0.549. The van der Waals surface area contributed by atoms with Crippen LogP contribution in [0.25, 0.3) is 0 Å². The third-order valence-corrected chi connectivity index (χ3v) is 3.53. The molecule has 4 heteroatoms. The molecule has 0 aliphatic carbocycles. The highest BCUT2D eigenvalue weighted by atomic mass is 79.9. The van der Waals surface area contributed by atoms with Crippen LogP contribution in [-0.2, 0) is 6.42 Å². The first kappa shape index (κ1) is 14.2. The molecule has 0 aromatic heterocycles. The lowest BCUT2D eigenvalue weighted by Gasteiger charge is -2.17. The molecule has 1 nitrogen and oxygen atoms in total. The first-order valence-corrected chi connectivity index (χ1v) is 6.76. The number of benzene rings is 2. The second-order valence-electron chi connectivity index (χ2n) is 4.34. The molecule has 0 saturated carbocycles. The number of rotatable bonds is 4. The van der Waals surface area contributed by atoms with Gasteiger partial charge in [-0.15, -0.1) is 0 Å². The Bertz CT molecular complexity index is 572. The van der Waals surface area contributed by atoms with E-state index >= 15 is 0 Å². The SMILES string of the molecule is CNC(Cc1ccc(Br)cc1F)c1cccc(F)c1. The largest absolute Gasteiger partial charge is 0.313 e. The van der Waals surface area contributed by atoms with E-state index in [0.29, 0.717) is 16.5 Å². The molecule has 1 unspecified atom stereocenters. The van der Waals surface area contributed by atoms with Gasteiger partial charge in [-0.1, -0.05) is 34.1 Å². The summed E-state index contributed by atoms with van der Waals surface area (Å²) in [6.07, 6.45) is 0.471. The third-order valence-electron chi connectivity index (χ3n) is 3.04. The van der Waals surface area contributed by atoms with Crippen molar-refractivity contribution in [1.82, 2.24) is 5.32 Å². The Balaban J connectivity index is 2.24. The van der Waals surface area contributed by atoms with Crippen molar-refractivity contribution in [3.63, 3.8) is 0 Å². The molecule has 2 aromatic carbocycles. The molecule has 0 fully saturated rings. The fraction of sp³-hybridized carbons (Fsp3) is 0.200. The maximum absolute atomic E-state index is 13.8. The number of hydrogen-bond acceptors (Lipinski definition) is 1. The first-order valence-electron chi connectivity index (χ1n) is 5.97. The molecular formula is C15H14BrF2N. The standard InChI is InChI=1S/C15H14BrF2N/c1-19-15(11-3-2-4-13(17)7-11)8-10-5-6-12(16)9-14(10)18/h2-7,9,15,19H,8H2,1H3. The van der Waals surface area contributed by atoms with Gasteiger partial charge in [-0.25, -0.2) is 8.78 Å². The molecule has 19 heavy (non-hydrogen) atoms. The molecule has 0 aliphatic rings. The average molecular weight is 326 g/mol. The van der Waals surface area contributed by atoms with Crippen molar-refractivity contribution in [2.75, 3.05) is 7.05 Å². The molecule has 2 rings (SSSR count). The van der Waals surface area contributed by atoms with E-state index in [2.05, 4.69) is 21.2 Å². The Hall–Kier alpha value is -1.26. The summed E-state index contributed by atoms with van der Waals surface area (Å²) >= 11 is 3.23. The smallest absolute Gasteiger partial charge is 0.127 e. The van der Waals surface area contributed by atoms with Crippen molar-refractivity contribution in [3.05, 3.63) is 69.7 Å². The van der Waals surface area contributed by atoms with Gasteiger partial charge in [-0.2, -0.15) is 0 Å². The number of halogens is 3. The highest BCUT2D eigenvalue weighted by molar-refractivity contribution is 9.10. The molecule has 0 saturated heterocycles. The molecule has 1 atom stereocenters. The van der Waals surface area contributed by atoms with Gasteiger partial charge in [0.2, 0.25) is 0 Å². The molecule has 1 N–H and O–H groups in total. The molecule has 2 aromatic rings. The molecule has 100 valence electrons. The average Bonchev–Trinajstić information content (AvgIpc) is 2.38. The maximum Gasteiger partial charge on any atom is 0.127 e. The number of nitrogens with one attached hydrogen (secondary N) is 1. The summed E-state index contributed by atoms with van der Waals surface area (Å²) in [6, 6.07) is 11.2. The van der Waals surface area contributed by atoms with Crippen LogP contribution in [0, 0.1) is 11.6 Å². The summed E-state index contributed by atoms with van der Waals surface area (Å²) in [5, 5.41) is 3.09. The zero-order valence-electron chi connectivity index (χ0n) is 10.5. The maximum atomic E-state index is 13.8. The van der Waals surface area contributed by atoms with Crippen LogP contribution in [0.3, 0.4) is 0 Å². The molecule has 0 bridgehead atoms. The predicted octanol–water partition coefficient (Wildman–Crippen LogP) is 4.23. The number of likely N-dealkylation sites (N-methyl/N-ethyl adjacent to an activating group) is 1. The van der Waals surface area contributed by atoms with Crippen LogP contribution in [-0.4, -0.2) is 7.05 Å². The van der Waals surface area contributed by atoms with Crippen LogP contribution in [0.4, 0.5) is 8.78 Å². The van der Waals surface area contributed by atoms with E-state index < -0.39 is 0 Å². The summed E-state index contributed by atoms with van der Waals surface area (Å²) in [6.45, 7) is 0. The monoisotopic (exact) mass is 325 g/mol. The summed E-state index contributed by atoms with van der Waals surface area (Å²) in [5.74, 6) is -0.542. The first-order chi connectivity index (χ1) is 9.10. The molecule has 0 radical (unpaired) electrons. The molecule has 0 spiro atoms. The zero-order chi connectivity index (χ0) is 13.8. The van der Waals surface area contributed by atoms with Crippen LogP contribution in [0.1, 0.15) is 17.2 Å². The molecular weight excluding hydrogens is 312 g/mol. The Labute approximate surface area is 119 Å². The summed E-state index contributed by atoms with van der Waals surface area (Å²) in [4.78, 5) is 0. The van der Waals surface area contributed by atoms with Crippen molar-refractivity contribution in [2.45, 2.75) is 12.5 Å². The van der Waals surface area contributed by atoms with Crippen molar-refractivity contribution >= 4 is 15.9 Å². The van der Waals surface area contributed by atoms with E-state index in [0.717, 1.165) is 5.56 Å². The van der Waals surface area contributed by atoms with Crippen molar-refractivity contribution in [3.8, 4) is 0 Å². The van der Waals surface area contributed by atoms with Crippen molar-refractivity contribution < 1.29 is 8.78 Å². The highest BCUT2D eigenvalue weighted by Gasteiger charge is 2.13. The predicted molar refractivity (Wildman–Crippen MR) is 76.0 cm³/mol. The second-order valence-corrected chi connectivity index (χ2v) is 5.25. The Morgan fingerprint density at radius 3 is 2.58 bits per heavy atom. The fourth-order valence-electron chi connectivity index (χ4n) is 2.02. The fourth-order valence-corrected chi connectivity index (χ4v) is 2.35. The van der Waals surface area contributed by atoms with E-state index in [-0.39, 0.29) is 17.7 Å². The van der Waals surface area contributed by atoms with E-state index in [1.54, 1.807) is 25.2 Å². The van der Waals surface area contributed by atoms with Gasteiger partial charge in [0.05, 0.1) is 0 Å². The minimum absolute atomic E-state index is 0.119. The minimum Gasteiger partial charge on any atom is -0.313 e. The van der Waals surface area contributed by atoms with Gasteiger partial charge in [0.15, 0.2) is 0 Å². The molecule has 0 aliphatic heterocycles. The van der Waals surface area contributed by atoms with Crippen LogP contribution < -0.4 is 5.32 Å². The zero-order valence-corrected chi connectivity index (χ0v) is 12.0. The van der Waals surface area contributed by atoms with E-state index in [4.69, 9.17) is 0 Å². The van der Waals surface area contributed by atoms with Gasteiger partial charge in [-0.05, 0) is 48.9 Å². The van der Waals surface area contributed by atoms with E-state index in [1.807, 2.05) is 6.07 Å². The second kappa shape index (κ2) is 6.26. The third kappa shape index (κ3) is 3.61. The van der Waals surface area contributed by atoms with Crippen LogP contribution in [0.15, 0.2) is 46.9 Å². The van der Waals surface area contributed by atoms with Crippen LogP contribution in [0.2, 0.25) is 0 Å². The van der Waals surface area contributed by atoms with Crippen molar-refractivity contribution in [2.24, 2.45) is 0 Å². The minimum atomic E-state index is -0.283. The van der Waals surface area contributed by atoms with E-state index in [1.165, 1.54) is 18.2 Å².